The fraction of sp³-hybridized carbons (Fsp3) is 0.800. The average molecular weight is 360 g/mol. The maximum Gasteiger partial charge on any atom is 0.187 e. The third-order valence-corrected chi connectivity index (χ3v) is 18.4. The summed E-state index contributed by atoms with van der Waals surface area (Å²) in [6.07, 6.45) is 2.94. The van der Waals surface area contributed by atoms with E-state index in [1.807, 2.05) is 6.08 Å². The van der Waals surface area contributed by atoms with Crippen LogP contribution in [0.5, 0.6) is 0 Å². The number of hydrogen-bond acceptors (Lipinski definition) is 2. The minimum Gasteiger partial charge on any atom is -0.342 e. The van der Waals surface area contributed by atoms with Crippen molar-refractivity contribution in [2.45, 2.75) is 75.9 Å². The number of rotatable bonds is 6. The predicted molar refractivity (Wildman–Crippen MR) is 106 cm³/mol. The molecule has 0 amide bonds. The second-order valence-corrected chi connectivity index (χ2v) is 24.2. The van der Waals surface area contributed by atoms with E-state index >= 15 is 0 Å². The van der Waals surface area contributed by atoms with Crippen LogP contribution in [0.1, 0.15) is 6.42 Å². The molecule has 1 fully saturated rings. The average Bonchev–Trinajstić information content (AvgIpc) is 2.45. The van der Waals surface area contributed by atoms with Gasteiger partial charge in [-0.25, -0.2) is 0 Å². The molecule has 0 aromatic rings. The van der Waals surface area contributed by atoms with Crippen molar-refractivity contribution in [3.8, 4) is 0 Å². The molecule has 0 aromatic heterocycles. The van der Waals surface area contributed by atoms with E-state index in [0.717, 1.165) is 6.42 Å². The van der Waals surface area contributed by atoms with Gasteiger partial charge in [0.05, 0.1) is 8.07 Å². The van der Waals surface area contributed by atoms with Crippen molar-refractivity contribution in [3.05, 3.63) is 12.7 Å². The number of carbonyl (C=O) groups is 1. The van der Waals surface area contributed by atoms with Crippen LogP contribution in [0.15, 0.2) is 12.7 Å². The maximum absolute atomic E-state index is 12.4. The van der Waals surface area contributed by atoms with Crippen LogP contribution >= 0.6 is 12.6 Å². The van der Waals surface area contributed by atoms with Crippen LogP contribution in [-0.2, 0) is 4.79 Å². The quantitative estimate of drug-likeness (QED) is 0.417. The lowest BCUT2D eigenvalue weighted by Gasteiger charge is -2.49. The molecule has 0 saturated carbocycles. The van der Waals surface area contributed by atoms with E-state index in [9.17, 15) is 4.79 Å². The van der Waals surface area contributed by atoms with Crippen molar-refractivity contribution in [2.75, 3.05) is 0 Å². The summed E-state index contributed by atoms with van der Waals surface area (Å²) in [7, 11) is -4.43. The Hall–Kier alpha value is 0.371. The molecule has 1 saturated heterocycles. The highest BCUT2D eigenvalue weighted by molar-refractivity contribution is 7.97. The van der Waals surface area contributed by atoms with E-state index in [0.29, 0.717) is 6.04 Å². The minimum atomic E-state index is -1.61. The molecule has 2 unspecified atom stereocenters. The zero-order valence-electron chi connectivity index (χ0n) is 14.9. The van der Waals surface area contributed by atoms with Crippen LogP contribution in [0.2, 0.25) is 63.5 Å². The normalized spacial score (nSPS) is 24.6. The molecule has 0 radical (unpaired) electrons. The van der Waals surface area contributed by atoms with Crippen molar-refractivity contribution < 1.29 is 4.79 Å². The van der Waals surface area contributed by atoms with Crippen LogP contribution in [0.4, 0.5) is 0 Å². The smallest absolute Gasteiger partial charge is 0.187 e. The van der Waals surface area contributed by atoms with E-state index in [1.54, 1.807) is 0 Å². The lowest BCUT2D eigenvalue weighted by atomic mass is 10.1. The largest absolute Gasteiger partial charge is 0.342 e. The van der Waals surface area contributed by atoms with E-state index in [4.69, 9.17) is 0 Å². The first-order valence-corrected chi connectivity index (χ1v) is 18.3. The van der Waals surface area contributed by atoms with Gasteiger partial charge in [0.15, 0.2) is 5.12 Å². The van der Waals surface area contributed by atoms with Gasteiger partial charge >= 0.3 is 0 Å². The fourth-order valence-electron chi connectivity index (χ4n) is 4.24. The first-order chi connectivity index (χ1) is 9.34. The Kier molecular flexibility index (Phi) is 5.98. The summed E-state index contributed by atoms with van der Waals surface area (Å²) in [5, 5.41) is 0.0996. The van der Waals surface area contributed by atoms with E-state index in [2.05, 4.69) is 69.3 Å². The first kappa shape index (κ1) is 19.4. The van der Waals surface area contributed by atoms with Crippen molar-refractivity contribution >= 4 is 42.3 Å². The zero-order valence-corrected chi connectivity index (χ0v) is 18.8. The summed E-state index contributed by atoms with van der Waals surface area (Å²) >= 11 is 4.29. The van der Waals surface area contributed by atoms with Crippen molar-refractivity contribution in [2.24, 2.45) is 0 Å². The molecule has 0 aliphatic carbocycles. The summed E-state index contributed by atoms with van der Waals surface area (Å²) in [6, 6.07) is 3.09. The Morgan fingerprint density at radius 3 is 1.95 bits per heavy atom. The summed E-state index contributed by atoms with van der Waals surface area (Å²) in [5.74, 6) is 0. The van der Waals surface area contributed by atoms with Crippen LogP contribution in [-0.4, -0.2) is 39.9 Å². The van der Waals surface area contributed by atoms with Crippen LogP contribution in [0.25, 0.3) is 0 Å². The Morgan fingerprint density at radius 2 is 1.67 bits per heavy atom. The van der Waals surface area contributed by atoms with Gasteiger partial charge in [0.25, 0.3) is 0 Å². The molecule has 1 heterocycles. The molecule has 0 N–H and O–H groups in total. The molecule has 122 valence electrons. The first-order valence-electron chi connectivity index (χ1n) is 7.98. The number of carbonyl (C=O) groups excluding carboxylic acids is 1. The van der Waals surface area contributed by atoms with Crippen LogP contribution in [0, 0.1) is 0 Å². The highest BCUT2D eigenvalue weighted by Crippen LogP contribution is 2.44. The fourth-order valence-corrected chi connectivity index (χ4v) is 23.0. The standard InChI is InChI=1S/C15H33NOSSi3/c1-9-10-13(14(15(17)18)19(2,3)4)16-20(5,6)11-12-21(16,7)8/h9,13-14H,1,10-12H2,2-8H3,(H,17,18). The van der Waals surface area contributed by atoms with Gasteiger partial charge in [-0.3, -0.25) is 4.79 Å². The van der Waals surface area contributed by atoms with Crippen LogP contribution < -0.4 is 0 Å². The highest BCUT2D eigenvalue weighted by atomic mass is 32.1. The highest BCUT2D eigenvalue weighted by Gasteiger charge is 2.53. The predicted octanol–water partition coefficient (Wildman–Crippen LogP) is 4.82. The van der Waals surface area contributed by atoms with Gasteiger partial charge in [0, 0.05) is 11.6 Å². The second-order valence-electron chi connectivity index (χ2n) is 8.77. The Labute approximate surface area is 140 Å². The molecule has 0 bridgehead atoms. The SMILES string of the molecule is C=CCC(C(C(=O)S)[Si](C)(C)C)N1[Si](C)(C)CC[Si]1(C)C. The molecule has 2 atom stereocenters. The van der Waals surface area contributed by atoms with Gasteiger partial charge in [-0.1, -0.05) is 51.9 Å². The molecule has 6 heteroatoms. The van der Waals surface area contributed by atoms with Gasteiger partial charge in [-0.05, 0) is 18.5 Å². The Balaban J connectivity index is 3.33. The van der Waals surface area contributed by atoms with Gasteiger partial charge in [-0.15, -0.1) is 19.2 Å². The molecule has 2 nitrogen and oxygen atoms in total. The Bertz CT molecular complexity index is 402. The number of thiol groups is 1. The van der Waals surface area contributed by atoms with Gasteiger partial charge in [0.2, 0.25) is 0 Å². The molecule has 0 aromatic carbocycles. The van der Waals surface area contributed by atoms with Gasteiger partial charge in [0.1, 0.15) is 16.5 Å². The summed E-state index contributed by atoms with van der Waals surface area (Å²) in [4.78, 5) is 12.4. The monoisotopic (exact) mass is 359 g/mol. The van der Waals surface area contributed by atoms with Crippen LogP contribution in [0.3, 0.4) is 0 Å². The van der Waals surface area contributed by atoms with Gasteiger partial charge < -0.3 is 4.23 Å². The maximum atomic E-state index is 12.4. The zero-order chi connectivity index (χ0) is 16.6. The third-order valence-electron chi connectivity index (χ3n) is 4.98. The summed E-state index contributed by atoms with van der Waals surface area (Å²) < 4.78 is 2.87. The molecule has 1 aliphatic rings. The van der Waals surface area contributed by atoms with Gasteiger partial charge in [-0.2, -0.15) is 0 Å². The molecular weight excluding hydrogens is 326 g/mol. The molecule has 1 aliphatic heterocycles. The molecule has 21 heavy (non-hydrogen) atoms. The van der Waals surface area contributed by atoms with E-state index in [1.165, 1.54) is 12.1 Å². The third kappa shape index (κ3) is 4.22. The van der Waals surface area contributed by atoms with Crippen molar-refractivity contribution in [1.29, 1.82) is 0 Å². The summed E-state index contributed by atoms with van der Waals surface area (Å²) in [5.41, 5.74) is 0.107. The Morgan fingerprint density at radius 1 is 1.24 bits per heavy atom. The van der Waals surface area contributed by atoms with Crippen molar-refractivity contribution in [1.82, 2.24) is 4.23 Å². The minimum absolute atomic E-state index is 0.0996. The van der Waals surface area contributed by atoms with Crippen molar-refractivity contribution in [3.63, 3.8) is 0 Å². The number of nitrogens with zero attached hydrogens (tertiary/aromatic N) is 1. The second kappa shape index (κ2) is 6.47. The lowest BCUT2D eigenvalue weighted by molar-refractivity contribution is -0.111. The lowest BCUT2D eigenvalue weighted by Crippen LogP contribution is -2.63. The molecule has 0 spiro atoms. The van der Waals surface area contributed by atoms with E-state index < -0.39 is 24.5 Å². The topological polar surface area (TPSA) is 20.3 Å². The van der Waals surface area contributed by atoms with E-state index in [-0.39, 0.29) is 10.7 Å². The molecular formula is C15H33NOSSi3. The summed E-state index contributed by atoms with van der Waals surface area (Å²) in [6.45, 7) is 20.8. The molecule has 1 rings (SSSR count). The number of hydrogen-bond donors (Lipinski definition) is 1.